The van der Waals surface area contributed by atoms with E-state index in [9.17, 15) is 14.7 Å². The van der Waals surface area contributed by atoms with E-state index in [1.165, 1.54) is 4.57 Å². The number of imidazole rings is 1. The molecule has 22 heavy (non-hydrogen) atoms. The number of nitrogens with one attached hydrogen (secondary N) is 1. The highest BCUT2D eigenvalue weighted by Gasteiger charge is 2.14. The molecular weight excluding hydrogens is 282 g/mol. The van der Waals surface area contributed by atoms with Crippen molar-refractivity contribution < 1.29 is 9.90 Å². The third-order valence-electron chi connectivity index (χ3n) is 3.70. The number of rotatable bonds is 7. The molecule has 0 saturated heterocycles. The average molecular weight is 305 g/mol. The fourth-order valence-corrected chi connectivity index (χ4v) is 2.60. The number of hydrogen-bond donors (Lipinski definition) is 2. The molecule has 1 aromatic carbocycles. The molecule has 0 bridgehead atoms. The molecule has 2 rings (SSSR count). The van der Waals surface area contributed by atoms with Crippen molar-refractivity contribution in [2.75, 3.05) is 6.54 Å². The Labute approximate surface area is 129 Å². The number of amides is 1. The van der Waals surface area contributed by atoms with Crippen LogP contribution in [0.4, 0.5) is 0 Å². The molecule has 1 amide bonds. The molecule has 2 N–H and O–H groups in total. The van der Waals surface area contributed by atoms with E-state index in [0.717, 1.165) is 17.5 Å². The third kappa shape index (κ3) is 3.39. The molecule has 0 aliphatic carbocycles. The number of para-hydroxylation sites is 2. The number of aryl methyl sites for hydroxylation is 1. The summed E-state index contributed by atoms with van der Waals surface area (Å²) in [6.07, 6.45) is 0.971. The fourth-order valence-electron chi connectivity index (χ4n) is 2.60. The second-order valence-corrected chi connectivity index (χ2v) is 5.35. The summed E-state index contributed by atoms with van der Waals surface area (Å²) in [4.78, 5) is 24.4. The Balaban J connectivity index is 2.16. The molecule has 6 nitrogen and oxygen atoms in total. The fraction of sp³-hybridized carbons (Fsp3) is 0.500. The molecule has 0 saturated carbocycles. The van der Waals surface area contributed by atoms with Gasteiger partial charge in [-0.1, -0.05) is 25.5 Å². The molecule has 0 spiro atoms. The van der Waals surface area contributed by atoms with E-state index in [4.69, 9.17) is 0 Å². The largest absolute Gasteiger partial charge is 0.391 e. The normalized spacial score (nSPS) is 12.5. The highest BCUT2D eigenvalue weighted by molar-refractivity contribution is 5.80. The molecule has 1 heterocycles. The SMILES string of the molecule is CCCC(O)CNC(=O)Cn1c(=O)n(CC)c2ccccc21. The van der Waals surface area contributed by atoms with Crippen LogP contribution in [0.25, 0.3) is 11.0 Å². The number of aromatic nitrogens is 2. The molecule has 0 fully saturated rings. The second-order valence-electron chi connectivity index (χ2n) is 5.35. The van der Waals surface area contributed by atoms with Gasteiger partial charge < -0.3 is 10.4 Å². The van der Waals surface area contributed by atoms with E-state index in [1.54, 1.807) is 4.57 Å². The van der Waals surface area contributed by atoms with Crippen LogP contribution in [-0.4, -0.2) is 32.8 Å². The van der Waals surface area contributed by atoms with Crippen LogP contribution in [0.3, 0.4) is 0 Å². The van der Waals surface area contributed by atoms with Gasteiger partial charge in [-0.15, -0.1) is 0 Å². The Bertz CT molecular complexity index is 702. The predicted molar refractivity (Wildman–Crippen MR) is 85.8 cm³/mol. The van der Waals surface area contributed by atoms with Gasteiger partial charge in [-0.05, 0) is 25.5 Å². The summed E-state index contributed by atoms with van der Waals surface area (Å²) in [5.74, 6) is -0.267. The Morgan fingerprint density at radius 1 is 1.23 bits per heavy atom. The number of aliphatic hydroxyl groups excluding tert-OH is 1. The van der Waals surface area contributed by atoms with E-state index in [1.807, 2.05) is 38.1 Å². The van der Waals surface area contributed by atoms with E-state index in [0.29, 0.717) is 13.0 Å². The molecule has 0 radical (unpaired) electrons. The minimum Gasteiger partial charge on any atom is -0.391 e. The van der Waals surface area contributed by atoms with Gasteiger partial charge in [-0.25, -0.2) is 4.79 Å². The Hall–Kier alpha value is -2.08. The van der Waals surface area contributed by atoms with E-state index in [2.05, 4.69) is 5.32 Å². The van der Waals surface area contributed by atoms with Gasteiger partial charge in [0.05, 0.1) is 17.1 Å². The molecular formula is C16H23N3O3. The quantitative estimate of drug-likeness (QED) is 0.804. The lowest BCUT2D eigenvalue weighted by atomic mass is 10.2. The zero-order valence-corrected chi connectivity index (χ0v) is 13.1. The minimum absolute atomic E-state index is 0.0365. The van der Waals surface area contributed by atoms with E-state index in [-0.39, 0.29) is 24.7 Å². The van der Waals surface area contributed by atoms with Crippen molar-refractivity contribution in [3.8, 4) is 0 Å². The summed E-state index contributed by atoms with van der Waals surface area (Å²) < 4.78 is 3.12. The molecule has 0 aliphatic heterocycles. The lowest BCUT2D eigenvalue weighted by Gasteiger charge is -2.11. The Morgan fingerprint density at radius 2 is 1.86 bits per heavy atom. The first-order valence-electron chi connectivity index (χ1n) is 7.71. The van der Waals surface area contributed by atoms with Gasteiger partial charge in [0.25, 0.3) is 0 Å². The van der Waals surface area contributed by atoms with Crippen LogP contribution in [0.5, 0.6) is 0 Å². The maximum Gasteiger partial charge on any atom is 0.329 e. The van der Waals surface area contributed by atoms with Gasteiger partial charge in [0.2, 0.25) is 5.91 Å². The molecule has 120 valence electrons. The first-order valence-corrected chi connectivity index (χ1v) is 7.71. The van der Waals surface area contributed by atoms with Crippen molar-refractivity contribution >= 4 is 16.9 Å². The highest BCUT2D eigenvalue weighted by atomic mass is 16.3. The number of carbonyl (C=O) groups is 1. The van der Waals surface area contributed by atoms with Crippen molar-refractivity contribution in [3.05, 3.63) is 34.7 Å². The maximum atomic E-state index is 12.4. The van der Waals surface area contributed by atoms with Crippen molar-refractivity contribution in [1.82, 2.24) is 14.5 Å². The summed E-state index contributed by atoms with van der Waals surface area (Å²) in [7, 11) is 0. The molecule has 0 aliphatic rings. The zero-order chi connectivity index (χ0) is 16.1. The molecule has 1 atom stereocenters. The van der Waals surface area contributed by atoms with Crippen LogP contribution in [0, 0.1) is 0 Å². The molecule has 2 aromatic rings. The van der Waals surface area contributed by atoms with Crippen LogP contribution in [0.2, 0.25) is 0 Å². The zero-order valence-electron chi connectivity index (χ0n) is 13.1. The lowest BCUT2D eigenvalue weighted by Crippen LogP contribution is -2.36. The van der Waals surface area contributed by atoms with E-state index < -0.39 is 6.10 Å². The number of fused-ring (bicyclic) bond motifs is 1. The number of aliphatic hydroxyl groups is 1. The minimum atomic E-state index is -0.539. The van der Waals surface area contributed by atoms with Gasteiger partial charge in [0.15, 0.2) is 0 Å². The highest BCUT2D eigenvalue weighted by Crippen LogP contribution is 2.12. The van der Waals surface area contributed by atoms with Crippen molar-refractivity contribution in [1.29, 1.82) is 0 Å². The van der Waals surface area contributed by atoms with Crippen molar-refractivity contribution in [3.63, 3.8) is 0 Å². The van der Waals surface area contributed by atoms with Crippen molar-refractivity contribution in [2.24, 2.45) is 0 Å². The lowest BCUT2D eigenvalue weighted by molar-refractivity contribution is -0.122. The monoisotopic (exact) mass is 305 g/mol. The number of carbonyl (C=O) groups excluding carboxylic acids is 1. The summed E-state index contributed by atoms with van der Waals surface area (Å²) in [6, 6.07) is 7.43. The van der Waals surface area contributed by atoms with Gasteiger partial charge in [0.1, 0.15) is 6.54 Å². The summed E-state index contributed by atoms with van der Waals surface area (Å²) in [5.41, 5.74) is 1.39. The Kier molecular flexibility index (Phi) is 5.38. The second kappa shape index (κ2) is 7.26. The first kappa shape index (κ1) is 16.3. The van der Waals surface area contributed by atoms with Crippen molar-refractivity contribution in [2.45, 2.75) is 45.9 Å². The van der Waals surface area contributed by atoms with Gasteiger partial charge in [0, 0.05) is 13.1 Å². The summed E-state index contributed by atoms with van der Waals surface area (Å²) in [5, 5.41) is 12.3. The van der Waals surface area contributed by atoms with Gasteiger partial charge in [-0.3, -0.25) is 13.9 Å². The summed E-state index contributed by atoms with van der Waals surface area (Å²) in [6.45, 7) is 4.62. The van der Waals surface area contributed by atoms with Gasteiger partial charge >= 0.3 is 5.69 Å². The smallest absolute Gasteiger partial charge is 0.329 e. The number of nitrogens with zero attached hydrogens (tertiary/aromatic N) is 2. The molecule has 6 heteroatoms. The van der Waals surface area contributed by atoms with E-state index >= 15 is 0 Å². The first-order chi connectivity index (χ1) is 10.6. The van der Waals surface area contributed by atoms with Crippen LogP contribution in [-0.2, 0) is 17.9 Å². The van der Waals surface area contributed by atoms with Crippen LogP contribution in [0.1, 0.15) is 26.7 Å². The summed E-state index contributed by atoms with van der Waals surface area (Å²) >= 11 is 0. The molecule has 1 unspecified atom stereocenters. The standard InChI is InChI=1S/C16H23N3O3/c1-3-7-12(20)10-17-15(21)11-19-14-9-6-5-8-13(14)18(4-2)16(19)22/h5-6,8-9,12,20H,3-4,7,10-11H2,1-2H3,(H,17,21). The predicted octanol–water partition coefficient (Wildman–Crippen LogP) is 1.10. The van der Waals surface area contributed by atoms with Crippen LogP contribution < -0.4 is 11.0 Å². The van der Waals surface area contributed by atoms with Gasteiger partial charge in [-0.2, -0.15) is 0 Å². The topological polar surface area (TPSA) is 76.3 Å². The molecule has 1 aromatic heterocycles. The van der Waals surface area contributed by atoms with Crippen LogP contribution >= 0.6 is 0 Å². The Morgan fingerprint density at radius 3 is 2.45 bits per heavy atom. The number of hydrogen-bond acceptors (Lipinski definition) is 3. The van der Waals surface area contributed by atoms with Crippen LogP contribution in [0.15, 0.2) is 29.1 Å². The third-order valence-corrected chi connectivity index (χ3v) is 3.70. The average Bonchev–Trinajstić information content (AvgIpc) is 2.78. The maximum absolute atomic E-state index is 12.4. The number of benzene rings is 1.